The molecule has 3 rings (SSSR count). The summed E-state index contributed by atoms with van der Waals surface area (Å²) in [5, 5.41) is 11.6. The lowest BCUT2D eigenvalue weighted by Gasteiger charge is -2.40. The molecule has 1 amide bonds. The summed E-state index contributed by atoms with van der Waals surface area (Å²) in [6.07, 6.45) is 5.85. The van der Waals surface area contributed by atoms with Gasteiger partial charge in [0.05, 0.1) is 18.8 Å². The molecule has 0 spiro atoms. The molecule has 2 aliphatic carbocycles. The summed E-state index contributed by atoms with van der Waals surface area (Å²) in [5.74, 6) is -1.50. The van der Waals surface area contributed by atoms with Crippen molar-refractivity contribution in [3.63, 3.8) is 0 Å². The van der Waals surface area contributed by atoms with Crippen molar-refractivity contribution >= 4 is 11.9 Å². The Morgan fingerprint density at radius 2 is 2.09 bits per heavy atom. The van der Waals surface area contributed by atoms with E-state index in [1.54, 1.807) is 0 Å². The molecule has 176 valence electrons. The molecule has 0 saturated heterocycles. The Morgan fingerprint density at radius 3 is 2.66 bits per heavy atom. The first kappa shape index (κ1) is 24.2. The molecule has 2 N–H and O–H groups in total. The zero-order chi connectivity index (χ0) is 23.5. The van der Waals surface area contributed by atoms with Crippen molar-refractivity contribution in [2.24, 2.45) is 11.3 Å². The van der Waals surface area contributed by atoms with Gasteiger partial charge < -0.3 is 19.9 Å². The predicted octanol–water partition coefficient (Wildman–Crippen LogP) is 4.68. The SMILES string of the molecule is C=C1CC(C)CC(CC)(COc2cc(F)c(C(=O)N[C@@H](COC)C(=O)O)cc2C2CC2)C1. The summed E-state index contributed by atoms with van der Waals surface area (Å²) in [7, 11) is 1.34. The number of amides is 1. The molecule has 32 heavy (non-hydrogen) atoms. The average Bonchev–Trinajstić information content (AvgIpc) is 3.56. The standard InChI is InChI=1S/C25H34FNO5/c1-5-25(11-15(2)8-16(3)12-25)14-32-22-10-20(26)19(9-18(22)17-6-7-17)23(28)27-21(13-31-4)24(29)30/h9-10,16-17,21H,2,5-8,11-14H2,1,3-4H3,(H,27,28)(H,29,30)/t16?,21-,25?/m0/s1. The van der Waals surface area contributed by atoms with E-state index in [2.05, 4.69) is 25.7 Å². The first-order valence-electron chi connectivity index (χ1n) is 11.3. The van der Waals surface area contributed by atoms with Crippen molar-refractivity contribution in [3.8, 4) is 5.75 Å². The van der Waals surface area contributed by atoms with Crippen LogP contribution in [0.2, 0.25) is 0 Å². The van der Waals surface area contributed by atoms with Crippen molar-refractivity contribution < 1.29 is 28.6 Å². The monoisotopic (exact) mass is 447 g/mol. The zero-order valence-electron chi connectivity index (χ0n) is 19.2. The number of ether oxygens (including phenoxy) is 2. The van der Waals surface area contributed by atoms with Gasteiger partial charge in [-0.1, -0.05) is 26.0 Å². The number of benzene rings is 1. The molecule has 6 nitrogen and oxygen atoms in total. The molecular formula is C25H34FNO5. The van der Waals surface area contributed by atoms with Gasteiger partial charge in [-0.3, -0.25) is 4.79 Å². The quantitative estimate of drug-likeness (QED) is 0.509. The number of aliphatic carboxylic acids is 1. The second kappa shape index (κ2) is 10.0. The third-order valence-corrected chi connectivity index (χ3v) is 6.63. The smallest absolute Gasteiger partial charge is 0.328 e. The lowest BCUT2D eigenvalue weighted by atomic mass is 9.67. The summed E-state index contributed by atoms with van der Waals surface area (Å²) in [5.41, 5.74) is 1.85. The number of carboxylic acid groups (broad SMARTS) is 1. The highest BCUT2D eigenvalue weighted by Crippen LogP contribution is 2.47. The van der Waals surface area contributed by atoms with Crippen LogP contribution in [0.5, 0.6) is 5.75 Å². The summed E-state index contributed by atoms with van der Waals surface area (Å²) >= 11 is 0. The number of methoxy groups -OCH3 is 1. The Bertz CT molecular complexity index is 881. The molecule has 3 atom stereocenters. The summed E-state index contributed by atoms with van der Waals surface area (Å²) in [6, 6.07) is 1.54. The lowest BCUT2D eigenvalue weighted by molar-refractivity contribution is -0.140. The van der Waals surface area contributed by atoms with Gasteiger partial charge in [-0.05, 0) is 62.0 Å². The normalized spacial score (nSPS) is 24.1. The van der Waals surface area contributed by atoms with Gasteiger partial charge in [-0.25, -0.2) is 9.18 Å². The van der Waals surface area contributed by atoms with Gasteiger partial charge in [0, 0.05) is 18.6 Å². The second-order valence-corrected chi connectivity index (χ2v) is 9.55. The molecule has 0 aliphatic heterocycles. The second-order valence-electron chi connectivity index (χ2n) is 9.55. The number of hydrogen-bond acceptors (Lipinski definition) is 4. The highest BCUT2D eigenvalue weighted by molar-refractivity contribution is 5.97. The molecule has 7 heteroatoms. The Balaban J connectivity index is 1.81. The van der Waals surface area contributed by atoms with E-state index in [9.17, 15) is 19.1 Å². The maximum Gasteiger partial charge on any atom is 0.328 e. The molecule has 0 radical (unpaired) electrons. The minimum atomic E-state index is -1.25. The summed E-state index contributed by atoms with van der Waals surface area (Å²) < 4.78 is 26.0. The van der Waals surface area contributed by atoms with E-state index >= 15 is 0 Å². The Hall–Kier alpha value is -2.41. The van der Waals surface area contributed by atoms with E-state index in [0.29, 0.717) is 18.3 Å². The van der Waals surface area contributed by atoms with E-state index in [1.807, 2.05) is 0 Å². The first-order chi connectivity index (χ1) is 15.2. The number of carbonyl (C=O) groups is 2. The largest absolute Gasteiger partial charge is 0.493 e. The summed E-state index contributed by atoms with van der Waals surface area (Å²) in [6.45, 7) is 8.86. The number of carboxylic acids is 1. The van der Waals surface area contributed by atoms with Crippen LogP contribution >= 0.6 is 0 Å². The Kier molecular flexibility index (Phi) is 7.59. The van der Waals surface area contributed by atoms with Crippen LogP contribution < -0.4 is 10.1 Å². The number of hydrogen-bond donors (Lipinski definition) is 2. The average molecular weight is 448 g/mol. The van der Waals surface area contributed by atoms with E-state index in [1.165, 1.54) is 24.8 Å². The summed E-state index contributed by atoms with van der Waals surface area (Å²) in [4.78, 5) is 23.9. The number of carbonyl (C=O) groups excluding carboxylic acids is 1. The van der Waals surface area contributed by atoms with Crippen molar-refractivity contribution in [1.29, 1.82) is 0 Å². The van der Waals surface area contributed by atoms with Gasteiger partial charge in [-0.15, -0.1) is 0 Å². The van der Waals surface area contributed by atoms with Gasteiger partial charge in [0.25, 0.3) is 5.91 Å². The van der Waals surface area contributed by atoms with Crippen LogP contribution in [0.1, 0.15) is 74.2 Å². The molecule has 2 unspecified atom stereocenters. The van der Waals surface area contributed by atoms with Gasteiger partial charge in [-0.2, -0.15) is 0 Å². The third kappa shape index (κ3) is 5.68. The zero-order valence-corrected chi connectivity index (χ0v) is 19.2. The fourth-order valence-electron chi connectivity index (χ4n) is 4.85. The van der Waals surface area contributed by atoms with Gasteiger partial charge in [0.2, 0.25) is 0 Å². The topological polar surface area (TPSA) is 84.9 Å². The highest BCUT2D eigenvalue weighted by Gasteiger charge is 2.37. The van der Waals surface area contributed by atoms with Crippen LogP contribution in [0.15, 0.2) is 24.3 Å². The fourth-order valence-corrected chi connectivity index (χ4v) is 4.85. The maximum atomic E-state index is 14.9. The molecule has 0 bridgehead atoms. The molecule has 0 aromatic heterocycles. The minimum absolute atomic E-state index is 0.0169. The van der Waals surface area contributed by atoms with Crippen molar-refractivity contribution in [2.45, 2.75) is 64.3 Å². The van der Waals surface area contributed by atoms with E-state index in [-0.39, 0.29) is 23.5 Å². The number of halogens is 1. The molecule has 2 aliphatic rings. The van der Waals surface area contributed by atoms with E-state index in [0.717, 1.165) is 44.1 Å². The maximum absolute atomic E-state index is 14.9. The van der Waals surface area contributed by atoms with Crippen molar-refractivity contribution in [1.82, 2.24) is 5.32 Å². The van der Waals surface area contributed by atoms with Crippen molar-refractivity contribution in [2.75, 3.05) is 20.3 Å². The molecule has 1 aromatic rings. The minimum Gasteiger partial charge on any atom is -0.493 e. The first-order valence-corrected chi connectivity index (χ1v) is 11.3. The number of rotatable bonds is 10. The highest BCUT2D eigenvalue weighted by atomic mass is 19.1. The van der Waals surface area contributed by atoms with Crippen LogP contribution in [0, 0.1) is 17.2 Å². The van der Waals surface area contributed by atoms with Gasteiger partial charge in [0.15, 0.2) is 6.04 Å². The van der Waals surface area contributed by atoms with Crippen LogP contribution in [0.25, 0.3) is 0 Å². The Morgan fingerprint density at radius 1 is 1.38 bits per heavy atom. The van der Waals surface area contributed by atoms with Gasteiger partial charge >= 0.3 is 5.97 Å². The van der Waals surface area contributed by atoms with Crippen molar-refractivity contribution in [3.05, 3.63) is 41.2 Å². The van der Waals surface area contributed by atoms with E-state index in [4.69, 9.17) is 9.47 Å². The molecule has 2 fully saturated rings. The predicted molar refractivity (Wildman–Crippen MR) is 120 cm³/mol. The Labute approximate surface area is 189 Å². The van der Waals surface area contributed by atoms with Crippen LogP contribution in [0.3, 0.4) is 0 Å². The number of nitrogens with one attached hydrogen (secondary N) is 1. The molecule has 1 aromatic carbocycles. The third-order valence-electron chi connectivity index (χ3n) is 6.63. The molecular weight excluding hydrogens is 413 g/mol. The molecule has 0 heterocycles. The fraction of sp³-hybridized carbons (Fsp3) is 0.600. The molecule has 2 saturated carbocycles. The van der Waals surface area contributed by atoms with Crippen LogP contribution in [-0.2, 0) is 9.53 Å². The number of allylic oxidation sites excluding steroid dienone is 1. The van der Waals surface area contributed by atoms with Gasteiger partial charge in [0.1, 0.15) is 11.6 Å². The van der Waals surface area contributed by atoms with Crippen LogP contribution in [0.4, 0.5) is 4.39 Å². The van der Waals surface area contributed by atoms with Crippen LogP contribution in [-0.4, -0.2) is 43.3 Å². The van der Waals surface area contributed by atoms with E-state index < -0.39 is 23.7 Å². The lowest BCUT2D eigenvalue weighted by Crippen LogP contribution is -2.44.